The van der Waals surface area contributed by atoms with E-state index in [1.807, 2.05) is 29.2 Å². The predicted molar refractivity (Wildman–Crippen MR) is 95.3 cm³/mol. The lowest BCUT2D eigenvalue weighted by molar-refractivity contribution is -0.128. The maximum Gasteiger partial charge on any atom is 0.319 e. The number of carbonyl (C=O) groups is 2. The first-order valence-corrected chi connectivity index (χ1v) is 8.90. The Labute approximate surface area is 143 Å². The van der Waals surface area contributed by atoms with Crippen LogP contribution in [0.25, 0.3) is 0 Å². The Morgan fingerprint density at radius 3 is 2.33 bits per heavy atom. The molecule has 0 aromatic heterocycles. The van der Waals surface area contributed by atoms with Crippen LogP contribution in [-0.2, 0) is 4.79 Å². The number of hydrogen-bond acceptors (Lipinski definition) is 3. The molecule has 2 saturated heterocycles. The third kappa shape index (κ3) is 4.19. The number of urea groups is 1. The Bertz CT molecular complexity index is 578. The van der Waals surface area contributed by atoms with E-state index in [-0.39, 0.29) is 18.5 Å². The summed E-state index contributed by atoms with van der Waals surface area (Å²) < 4.78 is 0. The molecular formula is C18H26N4O2. The van der Waals surface area contributed by atoms with Crippen LogP contribution in [-0.4, -0.2) is 49.6 Å². The van der Waals surface area contributed by atoms with Crippen molar-refractivity contribution < 1.29 is 9.59 Å². The molecule has 0 bridgehead atoms. The summed E-state index contributed by atoms with van der Waals surface area (Å²) in [4.78, 5) is 28.3. The SMILES string of the molecule is O=C(NCC(=O)N1CCCC1)Nc1ccccc1N1CCCCC1. The first kappa shape index (κ1) is 16.6. The summed E-state index contributed by atoms with van der Waals surface area (Å²) in [5.74, 6) is -0.00744. The van der Waals surface area contributed by atoms with Gasteiger partial charge >= 0.3 is 6.03 Å². The molecule has 130 valence electrons. The molecule has 3 rings (SSSR count). The van der Waals surface area contributed by atoms with Crippen LogP contribution in [0, 0.1) is 0 Å². The molecule has 24 heavy (non-hydrogen) atoms. The summed E-state index contributed by atoms with van der Waals surface area (Å²) in [6.07, 6.45) is 5.75. The van der Waals surface area contributed by atoms with Crippen LogP contribution >= 0.6 is 0 Å². The van der Waals surface area contributed by atoms with Gasteiger partial charge in [0.25, 0.3) is 0 Å². The average Bonchev–Trinajstić information content (AvgIpc) is 3.16. The van der Waals surface area contributed by atoms with Gasteiger partial charge in [-0.3, -0.25) is 4.79 Å². The summed E-state index contributed by atoms with van der Waals surface area (Å²) in [6, 6.07) is 7.52. The van der Waals surface area contributed by atoms with Crippen molar-refractivity contribution in [1.82, 2.24) is 10.2 Å². The first-order valence-electron chi connectivity index (χ1n) is 8.90. The van der Waals surface area contributed by atoms with Gasteiger partial charge in [-0.2, -0.15) is 0 Å². The zero-order chi connectivity index (χ0) is 16.8. The van der Waals surface area contributed by atoms with Gasteiger partial charge in [-0.1, -0.05) is 12.1 Å². The Morgan fingerprint density at radius 2 is 1.58 bits per heavy atom. The van der Waals surface area contributed by atoms with Gasteiger partial charge in [0.2, 0.25) is 5.91 Å². The fourth-order valence-corrected chi connectivity index (χ4v) is 3.39. The molecule has 0 aliphatic carbocycles. The van der Waals surface area contributed by atoms with E-state index in [9.17, 15) is 9.59 Å². The Balaban J connectivity index is 1.55. The van der Waals surface area contributed by atoms with Crippen LogP contribution in [0.3, 0.4) is 0 Å². The molecule has 0 radical (unpaired) electrons. The molecule has 3 amide bonds. The smallest absolute Gasteiger partial charge is 0.319 e. The van der Waals surface area contributed by atoms with Gasteiger partial charge < -0.3 is 20.4 Å². The monoisotopic (exact) mass is 330 g/mol. The molecule has 2 fully saturated rings. The Morgan fingerprint density at radius 1 is 0.917 bits per heavy atom. The number of hydrogen-bond donors (Lipinski definition) is 2. The van der Waals surface area contributed by atoms with Crippen molar-refractivity contribution in [2.45, 2.75) is 32.1 Å². The van der Waals surface area contributed by atoms with E-state index in [1.165, 1.54) is 19.3 Å². The summed E-state index contributed by atoms with van der Waals surface area (Å²) in [5, 5.41) is 5.57. The van der Waals surface area contributed by atoms with Crippen molar-refractivity contribution in [2.24, 2.45) is 0 Å². The number of carbonyl (C=O) groups excluding carboxylic acids is 2. The van der Waals surface area contributed by atoms with Crippen molar-refractivity contribution in [3.8, 4) is 0 Å². The topological polar surface area (TPSA) is 64.7 Å². The van der Waals surface area contributed by atoms with Gasteiger partial charge in [-0.25, -0.2) is 4.79 Å². The first-order chi connectivity index (χ1) is 11.7. The van der Waals surface area contributed by atoms with E-state index < -0.39 is 0 Å². The number of piperidine rings is 1. The van der Waals surface area contributed by atoms with E-state index in [2.05, 4.69) is 15.5 Å². The minimum absolute atomic E-state index is 0.00744. The van der Waals surface area contributed by atoms with Gasteiger partial charge in [-0.05, 0) is 44.2 Å². The third-order valence-corrected chi connectivity index (χ3v) is 4.71. The second kappa shape index (κ2) is 8.04. The standard InChI is InChI=1S/C18H26N4O2/c23-17(22-12-6-7-13-22)14-19-18(24)20-15-8-2-3-9-16(15)21-10-4-1-5-11-21/h2-3,8-9H,1,4-7,10-14H2,(H2,19,20,24). The number of nitrogens with one attached hydrogen (secondary N) is 2. The lowest BCUT2D eigenvalue weighted by Gasteiger charge is -2.30. The van der Waals surface area contributed by atoms with E-state index in [0.717, 1.165) is 50.4 Å². The Hall–Kier alpha value is -2.24. The average molecular weight is 330 g/mol. The van der Waals surface area contributed by atoms with Crippen molar-refractivity contribution in [3.05, 3.63) is 24.3 Å². The highest BCUT2D eigenvalue weighted by Crippen LogP contribution is 2.28. The molecule has 1 aromatic rings. The third-order valence-electron chi connectivity index (χ3n) is 4.71. The van der Waals surface area contributed by atoms with Crippen LogP contribution in [0.4, 0.5) is 16.2 Å². The molecular weight excluding hydrogens is 304 g/mol. The highest BCUT2D eigenvalue weighted by Gasteiger charge is 2.19. The molecule has 0 unspecified atom stereocenters. The number of likely N-dealkylation sites (tertiary alicyclic amines) is 1. The van der Waals surface area contributed by atoms with Gasteiger partial charge in [0.05, 0.1) is 17.9 Å². The lowest BCUT2D eigenvalue weighted by atomic mass is 10.1. The predicted octanol–water partition coefficient (Wildman–Crippen LogP) is 2.42. The minimum atomic E-state index is -0.327. The van der Waals surface area contributed by atoms with Crippen LogP contribution in [0.2, 0.25) is 0 Å². The van der Waals surface area contributed by atoms with Gasteiger partial charge in [0.1, 0.15) is 0 Å². The maximum absolute atomic E-state index is 12.2. The highest BCUT2D eigenvalue weighted by molar-refractivity contribution is 5.95. The normalized spacial score (nSPS) is 17.7. The molecule has 0 atom stereocenters. The summed E-state index contributed by atoms with van der Waals surface area (Å²) >= 11 is 0. The molecule has 1 aromatic carbocycles. The van der Waals surface area contributed by atoms with E-state index >= 15 is 0 Å². The second-order valence-corrected chi connectivity index (χ2v) is 6.46. The zero-order valence-electron chi connectivity index (χ0n) is 14.1. The number of benzene rings is 1. The van der Waals surface area contributed by atoms with Gasteiger partial charge in [-0.15, -0.1) is 0 Å². The molecule has 6 heteroatoms. The minimum Gasteiger partial charge on any atom is -0.370 e. The van der Waals surface area contributed by atoms with Crippen LogP contribution in [0.5, 0.6) is 0 Å². The molecule has 6 nitrogen and oxygen atoms in total. The molecule has 0 spiro atoms. The Kier molecular flexibility index (Phi) is 5.56. The maximum atomic E-state index is 12.2. The van der Waals surface area contributed by atoms with Crippen molar-refractivity contribution in [1.29, 1.82) is 0 Å². The summed E-state index contributed by atoms with van der Waals surface area (Å²) in [5.41, 5.74) is 1.85. The van der Waals surface area contributed by atoms with E-state index in [0.29, 0.717) is 0 Å². The summed E-state index contributed by atoms with van der Waals surface area (Å²) in [6.45, 7) is 3.71. The summed E-state index contributed by atoms with van der Waals surface area (Å²) in [7, 11) is 0. The number of rotatable bonds is 4. The quantitative estimate of drug-likeness (QED) is 0.891. The van der Waals surface area contributed by atoms with Crippen molar-refractivity contribution in [3.63, 3.8) is 0 Å². The van der Waals surface area contributed by atoms with Crippen LogP contribution in [0.1, 0.15) is 32.1 Å². The molecule has 0 saturated carbocycles. The number of amides is 3. The largest absolute Gasteiger partial charge is 0.370 e. The number of para-hydroxylation sites is 2. The highest BCUT2D eigenvalue weighted by atomic mass is 16.2. The lowest BCUT2D eigenvalue weighted by Crippen LogP contribution is -2.40. The molecule has 2 N–H and O–H groups in total. The molecule has 2 aliphatic heterocycles. The fraction of sp³-hybridized carbons (Fsp3) is 0.556. The van der Waals surface area contributed by atoms with Crippen molar-refractivity contribution >= 4 is 23.3 Å². The van der Waals surface area contributed by atoms with E-state index in [4.69, 9.17) is 0 Å². The van der Waals surface area contributed by atoms with Crippen LogP contribution in [0.15, 0.2) is 24.3 Å². The zero-order valence-corrected chi connectivity index (χ0v) is 14.1. The van der Waals surface area contributed by atoms with E-state index in [1.54, 1.807) is 0 Å². The number of nitrogens with zero attached hydrogens (tertiary/aromatic N) is 2. The second-order valence-electron chi connectivity index (χ2n) is 6.46. The van der Waals surface area contributed by atoms with Crippen LogP contribution < -0.4 is 15.5 Å². The molecule has 2 aliphatic rings. The molecule has 2 heterocycles. The van der Waals surface area contributed by atoms with Gasteiger partial charge in [0, 0.05) is 26.2 Å². The fourth-order valence-electron chi connectivity index (χ4n) is 3.39. The van der Waals surface area contributed by atoms with Crippen molar-refractivity contribution in [2.75, 3.05) is 42.9 Å². The number of anilines is 2. The van der Waals surface area contributed by atoms with Gasteiger partial charge in [0.15, 0.2) is 0 Å².